The Morgan fingerprint density at radius 2 is 2.06 bits per heavy atom. The number of rotatable bonds is 3. The summed E-state index contributed by atoms with van der Waals surface area (Å²) in [6.07, 6.45) is 2.20. The van der Waals surface area contributed by atoms with E-state index in [9.17, 15) is 0 Å². The zero-order valence-corrected chi connectivity index (χ0v) is 12.1. The third kappa shape index (κ3) is 2.39. The molecule has 0 aliphatic carbocycles. The molecule has 0 aromatic carbocycles. The fourth-order valence-corrected chi connectivity index (χ4v) is 2.98. The molecule has 1 aromatic rings. The molecular formula is C14H26N4. The van der Waals surface area contributed by atoms with Gasteiger partial charge in [0, 0.05) is 25.7 Å². The van der Waals surface area contributed by atoms with Crippen molar-refractivity contribution in [3.05, 3.63) is 11.3 Å². The number of piperidine rings is 1. The molecule has 4 heteroatoms. The van der Waals surface area contributed by atoms with E-state index in [0.29, 0.717) is 6.54 Å². The minimum atomic E-state index is 0.694. The van der Waals surface area contributed by atoms with E-state index in [1.165, 1.54) is 17.8 Å². The highest BCUT2D eigenvalue weighted by atomic mass is 15.4. The van der Waals surface area contributed by atoms with Crippen molar-refractivity contribution in [1.82, 2.24) is 9.78 Å². The molecule has 2 heterocycles. The predicted octanol–water partition coefficient (Wildman–Crippen LogP) is 1.71. The average molecular weight is 250 g/mol. The number of hydrogen-bond acceptors (Lipinski definition) is 3. The van der Waals surface area contributed by atoms with Crippen molar-refractivity contribution in [1.29, 1.82) is 0 Å². The molecule has 18 heavy (non-hydrogen) atoms. The highest BCUT2D eigenvalue weighted by molar-refractivity contribution is 5.50. The van der Waals surface area contributed by atoms with E-state index in [4.69, 9.17) is 5.73 Å². The van der Waals surface area contributed by atoms with Crippen molar-refractivity contribution < 1.29 is 0 Å². The highest BCUT2D eigenvalue weighted by Crippen LogP contribution is 2.30. The minimum absolute atomic E-state index is 0.694. The van der Waals surface area contributed by atoms with Gasteiger partial charge in [-0.05, 0) is 38.1 Å². The first-order valence-corrected chi connectivity index (χ1v) is 7.02. The SMILES string of the molecule is Cc1nn(C)c(N2CCC(C)C(C)C2)c1CCN. The summed E-state index contributed by atoms with van der Waals surface area (Å²) in [6.45, 7) is 9.77. The summed E-state index contributed by atoms with van der Waals surface area (Å²) >= 11 is 0. The Hall–Kier alpha value is -1.03. The van der Waals surface area contributed by atoms with Gasteiger partial charge in [-0.3, -0.25) is 4.68 Å². The molecule has 2 unspecified atom stereocenters. The summed E-state index contributed by atoms with van der Waals surface area (Å²) in [7, 11) is 2.05. The van der Waals surface area contributed by atoms with Gasteiger partial charge in [0.05, 0.1) is 5.69 Å². The van der Waals surface area contributed by atoms with Crippen LogP contribution in [0.15, 0.2) is 0 Å². The normalized spacial score (nSPS) is 24.6. The van der Waals surface area contributed by atoms with Crippen LogP contribution in [0.4, 0.5) is 5.82 Å². The summed E-state index contributed by atoms with van der Waals surface area (Å²) < 4.78 is 2.03. The molecule has 0 spiro atoms. The van der Waals surface area contributed by atoms with E-state index in [-0.39, 0.29) is 0 Å². The van der Waals surface area contributed by atoms with E-state index in [1.54, 1.807) is 0 Å². The Balaban J connectivity index is 2.27. The van der Waals surface area contributed by atoms with Gasteiger partial charge in [-0.2, -0.15) is 5.10 Å². The number of aromatic nitrogens is 2. The summed E-state index contributed by atoms with van der Waals surface area (Å²) in [5.41, 5.74) is 8.19. The number of nitrogens with zero attached hydrogens (tertiary/aromatic N) is 3. The molecule has 2 rings (SSSR count). The smallest absolute Gasteiger partial charge is 0.130 e. The lowest BCUT2D eigenvalue weighted by Gasteiger charge is -2.37. The lowest BCUT2D eigenvalue weighted by atomic mass is 9.88. The zero-order valence-electron chi connectivity index (χ0n) is 12.1. The molecular weight excluding hydrogens is 224 g/mol. The summed E-state index contributed by atoms with van der Waals surface area (Å²) in [4.78, 5) is 2.50. The van der Waals surface area contributed by atoms with E-state index in [0.717, 1.165) is 37.0 Å². The summed E-state index contributed by atoms with van der Waals surface area (Å²) in [5.74, 6) is 2.87. The molecule has 0 saturated carbocycles. The van der Waals surface area contributed by atoms with Gasteiger partial charge in [0.15, 0.2) is 0 Å². The van der Waals surface area contributed by atoms with Crippen molar-refractivity contribution in [3.8, 4) is 0 Å². The maximum Gasteiger partial charge on any atom is 0.130 e. The molecule has 0 bridgehead atoms. The molecule has 0 amide bonds. The molecule has 2 atom stereocenters. The average Bonchev–Trinajstić information content (AvgIpc) is 2.59. The molecule has 102 valence electrons. The summed E-state index contributed by atoms with van der Waals surface area (Å²) in [6, 6.07) is 0. The van der Waals surface area contributed by atoms with E-state index < -0.39 is 0 Å². The standard InChI is InChI=1S/C14H26N4/c1-10-6-8-18(9-11(10)2)14-13(5-7-15)12(3)16-17(14)4/h10-11H,5-9,15H2,1-4H3. The topological polar surface area (TPSA) is 47.1 Å². The Kier molecular flexibility index (Phi) is 3.95. The Bertz CT molecular complexity index is 410. The fourth-order valence-electron chi connectivity index (χ4n) is 2.98. The Labute approximate surface area is 110 Å². The van der Waals surface area contributed by atoms with Crippen LogP contribution in [-0.4, -0.2) is 29.4 Å². The molecule has 0 radical (unpaired) electrons. The quantitative estimate of drug-likeness (QED) is 0.888. The molecule has 1 fully saturated rings. The van der Waals surface area contributed by atoms with Crippen LogP contribution in [0.5, 0.6) is 0 Å². The van der Waals surface area contributed by atoms with Crippen LogP contribution in [-0.2, 0) is 13.5 Å². The monoisotopic (exact) mass is 250 g/mol. The molecule has 1 aliphatic heterocycles. The maximum atomic E-state index is 5.73. The second kappa shape index (κ2) is 5.31. The number of hydrogen-bond donors (Lipinski definition) is 1. The Morgan fingerprint density at radius 1 is 1.33 bits per heavy atom. The van der Waals surface area contributed by atoms with Crippen molar-refractivity contribution in [3.63, 3.8) is 0 Å². The van der Waals surface area contributed by atoms with Crippen LogP contribution in [0.1, 0.15) is 31.5 Å². The van der Waals surface area contributed by atoms with Crippen LogP contribution in [0.2, 0.25) is 0 Å². The molecule has 2 N–H and O–H groups in total. The Morgan fingerprint density at radius 3 is 2.67 bits per heavy atom. The second-order valence-electron chi connectivity index (χ2n) is 5.74. The van der Waals surface area contributed by atoms with Crippen LogP contribution in [0.25, 0.3) is 0 Å². The second-order valence-corrected chi connectivity index (χ2v) is 5.74. The van der Waals surface area contributed by atoms with Gasteiger partial charge in [0.2, 0.25) is 0 Å². The lowest BCUT2D eigenvalue weighted by Crippen LogP contribution is -2.39. The van der Waals surface area contributed by atoms with Gasteiger partial charge in [-0.1, -0.05) is 13.8 Å². The number of anilines is 1. The third-order valence-corrected chi connectivity index (χ3v) is 4.34. The van der Waals surface area contributed by atoms with Gasteiger partial charge < -0.3 is 10.6 Å². The highest BCUT2D eigenvalue weighted by Gasteiger charge is 2.26. The van der Waals surface area contributed by atoms with Crippen molar-refractivity contribution in [2.24, 2.45) is 24.6 Å². The number of nitrogens with two attached hydrogens (primary N) is 1. The van der Waals surface area contributed by atoms with Crippen LogP contribution >= 0.6 is 0 Å². The first kappa shape index (κ1) is 13.4. The molecule has 1 aromatic heterocycles. The molecule has 1 aliphatic rings. The predicted molar refractivity (Wildman–Crippen MR) is 75.9 cm³/mol. The van der Waals surface area contributed by atoms with Crippen LogP contribution < -0.4 is 10.6 Å². The van der Waals surface area contributed by atoms with Crippen molar-refractivity contribution >= 4 is 5.82 Å². The van der Waals surface area contributed by atoms with E-state index in [2.05, 4.69) is 30.8 Å². The van der Waals surface area contributed by atoms with E-state index in [1.807, 2.05) is 11.7 Å². The van der Waals surface area contributed by atoms with Gasteiger partial charge in [-0.15, -0.1) is 0 Å². The first-order valence-electron chi connectivity index (χ1n) is 7.02. The largest absolute Gasteiger partial charge is 0.356 e. The van der Waals surface area contributed by atoms with Crippen molar-refractivity contribution in [2.45, 2.75) is 33.6 Å². The molecule has 1 saturated heterocycles. The van der Waals surface area contributed by atoms with Gasteiger partial charge in [0.1, 0.15) is 5.82 Å². The fraction of sp³-hybridized carbons (Fsp3) is 0.786. The summed E-state index contributed by atoms with van der Waals surface area (Å²) in [5, 5.41) is 4.57. The maximum absolute atomic E-state index is 5.73. The zero-order chi connectivity index (χ0) is 13.3. The van der Waals surface area contributed by atoms with Crippen LogP contribution in [0.3, 0.4) is 0 Å². The van der Waals surface area contributed by atoms with E-state index >= 15 is 0 Å². The third-order valence-electron chi connectivity index (χ3n) is 4.34. The first-order chi connectivity index (χ1) is 8.54. The van der Waals surface area contributed by atoms with Gasteiger partial charge >= 0.3 is 0 Å². The van der Waals surface area contributed by atoms with Gasteiger partial charge in [0.25, 0.3) is 0 Å². The van der Waals surface area contributed by atoms with Crippen molar-refractivity contribution in [2.75, 3.05) is 24.5 Å². The van der Waals surface area contributed by atoms with Gasteiger partial charge in [-0.25, -0.2) is 0 Å². The lowest BCUT2D eigenvalue weighted by molar-refractivity contribution is 0.321. The van der Waals surface area contributed by atoms with Crippen LogP contribution in [0, 0.1) is 18.8 Å². The molecule has 4 nitrogen and oxygen atoms in total. The number of aryl methyl sites for hydroxylation is 2. The minimum Gasteiger partial charge on any atom is -0.356 e.